The highest BCUT2D eigenvalue weighted by Crippen LogP contribution is 2.24. The lowest BCUT2D eigenvalue weighted by atomic mass is 10.2. The molecule has 100 valence electrons. The molecule has 0 bridgehead atoms. The van der Waals surface area contributed by atoms with Crippen molar-refractivity contribution in [3.05, 3.63) is 28.2 Å². The average Bonchev–Trinajstić information content (AvgIpc) is 2.29. The first-order chi connectivity index (χ1) is 8.34. The lowest BCUT2D eigenvalue weighted by Gasteiger charge is -2.07. The summed E-state index contributed by atoms with van der Waals surface area (Å²) >= 11 is 3.26. The largest absolute Gasteiger partial charge is 0.497 e. The van der Waals surface area contributed by atoms with Crippen LogP contribution in [0, 0.1) is 0 Å². The summed E-state index contributed by atoms with van der Waals surface area (Å²) in [5, 5.41) is 8.49. The third kappa shape index (κ3) is 4.66. The fourth-order valence-corrected chi connectivity index (χ4v) is 3.26. The molecule has 7 heteroatoms. The number of hydrogen-bond acceptors (Lipinski definition) is 4. The van der Waals surface area contributed by atoms with Gasteiger partial charge in [-0.2, -0.15) is 0 Å². The summed E-state index contributed by atoms with van der Waals surface area (Å²) in [6, 6.07) is 5.01. The van der Waals surface area contributed by atoms with Gasteiger partial charge in [0.15, 0.2) is 9.84 Å². The molecule has 0 amide bonds. The number of hydrogen-bond donors (Lipinski definition) is 1. The number of sulfone groups is 1. The highest BCUT2D eigenvalue weighted by Gasteiger charge is 2.16. The summed E-state index contributed by atoms with van der Waals surface area (Å²) in [7, 11) is -1.95. The van der Waals surface area contributed by atoms with Crippen molar-refractivity contribution < 1.29 is 23.1 Å². The molecule has 5 nitrogen and oxygen atoms in total. The molecule has 0 atom stereocenters. The van der Waals surface area contributed by atoms with Crippen LogP contribution in [0.25, 0.3) is 0 Å². The molecule has 0 aromatic heterocycles. The second kappa shape index (κ2) is 6.19. The first-order valence-electron chi connectivity index (χ1n) is 5.08. The second-order valence-corrected chi connectivity index (χ2v) is 6.73. The molecule has 0 saturated carbocycles. The summed E-state index contributed by atoms with van der Waals surface area (Å²) < 4.78 is 29.1. The quantitative estimate of drug-likeness (QED) is 0.857. The van der Waals surface area contributed by atoms with Gasteiger partial charge < -0.3 is 9.84 Å². The van der Waals surface area contributed by atoms with Crippen molar-refractivity contribution in [3.63, 3.8) is 0 Å². The Balaban J connectivity index is 2.86. The van der Waals surface area contributed by atoms with Crippen molar-refractivity contribution in [3.8, 4) is 5.75 Å². The van der Waals surface area contributed by atoms with Gasteiger partial charge in [0.05, 0.1) is 25.0 Å². The topological polar surface area (TPSA) is 80.7 Å². The van der Waals surface area contributed by atoms with E-state index in [9.17, 15) is 13.2 Å². The van der Waals surface area contributed by atoms with Crippen LogP contribution in [0.3, 0.4) is 0 Å². The number of aliphatic carboxylic acids is 1. The maximum atomic E-state index is 11.7. The van der Waals surface area contributed by atoms with Gasteiger partial charge in [0, 0.05) is 4.47 Å². The molecular formula is C11H13BrO5S. The third-order valence-corrected chi connectivity index (χ3v) is 4.61. The standard InChI is InChI=1S/C11H13BrO5S/c1-17-9-2-3-10(12)8(6-9)7-18(15,16)5-4-11(13)14/h2-3,6H,4-5,7H2,1H3,(H,13,14). The highest BCUT2D eigenvalue weighted by molar-refractivity contribution is 9.10. The SMILES string of the molecule is COc1ccc(Br)c(CS(=O)(=O)CCC(=O)O)c1. The van der Waals surface area contributed by atoms with Crippen molar-refractivity contribution in [2.75, 3.05) is 12.9 Å². The number of carboxylic acids is 1. The van der Waals surface area contributed by atoms with E-state index in [0.29, 0.717) is 15.8 Å². The molecule has 1 aromatic rings. The van der Waals surface area contributed by atoms with Gasteiger partial charge >= 0.3 is 5.97 Å². The number of methoxy groups -OCH3 is 1. The first kappa shape index (κ1) is 15.0. The zero-order valence-corrected chi connectivity index (χ0v) is 12.1. The number of ether oxygens (including phenoxy) is 1. The molecule has 0 spiro atoms. The van der Waals surface area contributed by atoms with Crippen molar-refractivity contribution >= 4 is 31.7 Å². The summed E-state index contributed by atoms with van der Waals surface area (Å²) in [6.07, 6.45) is -0.385. The van der Waals surface area contributed by atoms with E-state index in [-0.39, 0.29) is 17.9 Å². The Kier molecular flexibility index (Phi) is 5.15. The fraction of sp³-hybridized carbons (Fsp3) is 0.364. The molecule has 0 aliphatic rings. The molecule has 0 fully saturated rings. The zero-order chi connectivity index (χ0) is 13.8. The minimum Gasteiger partial charge on any atom is -0.497 e. The van der Waals surface area contributed by atoms with Gasteiger partial charge in [0.25, 0.3) is 0 Å². The Hall–Kier alpha value is -1.08. The van der Waals surface area contributed by atoms with Crippen LogP contribution in [0.1, 0.15) is 12.0 Å². The number of halogens is 1. The molecule has 0 unspecified atom stereocenters. The molecule has 0 heterocycles. The van der Waals surface area contributed by atoms with Crippen LogP contribution < -0.4 is 4.74 Å². The van der Waals surface area contributed by atoms with Gasteiger partial charge in [-0.25, -0.2) is 8.42 Å². The van der Waals surface area contributed by atoms with E-state index in [2.05, 4.69) is 15.9 Å². The van der Waals surface area contributed by atoms with Crippen molar-refractivity contribution in [2.45, 2.75) is 12.2 Å². The predicted octanol–water partition coefficient (Wildman–Crippen LogP) is 1.85. The van der Waals surface area contributed by atoms with Gasteiger partial charge in [0.1, 0.15) is 5.75 Å². The van der Waals surface area contributed by atoms with Crippen LogP contribution in [0.4, 0.5) is 0 Å². The number of rotatable bonds is 6. The van der Waals surface area contributed by atoms with Gasteiger partial charge in [-0.05, 0) is 23.8 Å². The van der Waals surface area contributed by atoms with Crippen LogP contribution in [-0.2, 0) is 20.4 Å². The van der Waals surface area contributed by atoms with Crippen molar-refractivity contribution in [1.82, 2.24) is 0 Å². The fourth-order valence-electron chi connectivity index (χ4n) is 1.34. The van der Waals surface area contributed by atoms with E-state index in [1.54, 1.807) is 18.2 Å². The summed E-state index contributed by atoms with van der Waals surface area (Å²) in [5.41, 5.74) is 0.555. The van der Waals surface area contributed by atoms with Crippen molar-refractivity contribution in [1.29, 1.82) is 0 Å². The average molecular weight is 337 g/mol. The van der Waals surface area contributed by atoms with E-state index < -0.39 is 15.8 Å². The van der Waals surface area contributed by atoms with Crippen LogP contribution in [0.5, 0.6) is 5.75 Å². The summed E-state index contributed by atoms with van der Waals surface area (Å²) in [6.45, 7) is 0. The Morgan fingerprint density at radius 3 is 2.67 bits per heavy atom. The van der Waals surface area contributed by atoms with Crippen molar-refractivity contribution in [2.24, 2.45) is 0 Å². The first-order valence-corrected chi connectivity index (χ1v) is 7.70. The smallest absolute Gasteiger partial charge is 0.304 e. The van der Waals surface area contributed by atoms with E-state index in [4.69, 9.17) is 9.84 Å². The Morgan fingerprint density at radius 2 is 2.11 bits per heavy atom. The number of carbonyl (C=O) groups is 1. The van der Waals surface area contributed by atoms with E-state index in [1.807, 2.05) is 0 Å². The molecule has 1 rings (SSSR count). The molecule has 1 aromatic carbocycles. The van der Waals surface area contributed by atoms with Crippen LogP contribution in [-0.4, -0.2) is 32.4 Å². The second-order valence-electron chi connectivity index (χ2n) is 3.69. The molecule has 0 saturated heterocycles. The lowest BCUT2D eigenvalue weighted by Crippen LogP contribution is -2.13. The molecule has 1 N–H and O–H groups in total. The van der Waals surface area contributed by atoms with Crippen LogP contribution >= 0.6 is 15.9 Å². The maximum absolute atomic E-state index is 11.7. The van der Waals surface area contributed by atoms with Gasteiger partial charge in [-0.3, -0.25) is 4.79 Å². The molecule has 18 heavy (non-hydrogen) atoms. The Bertz CT molecular complexity index is 538. The molecule has 0 aliphatic carbocycles. The van der Waals surface area contributed by atoms with Gasteiger partial charge in [-0.15, -0.1) is 0 Å². The minimum absolute atomic E-state index is 0.210. The number of benzene rings is 1. The van der Waals surface area contributed by atoms with Crippen LogP contribution in [0.15, 0.2) is 22.7 Å². The maximum Gasteiger partial charge on any atom is 0.304 e. The van der Waals surface area contributed by atoms with E-state index in [0.717, 1.165) is 0 Å². The van der Waals surface area contributed by atoms with E-state index >= 15 is 0 Å². The Morgan fingerprint density at radius 1 is 1.44 bits per heavy atom. The van der Waals surface area contributed by atoms with Crippen LogP contribution in [0.2, 0.25) is 0 Å². The predicted molar refractivity (Wildman–Crippen MR) is 70.4 cm³/mol. The van der Waals surface area contributed by atoms with E-state index in [1.165, 1.54) is 7.11 Å². The summed E-state index contributed by atoms with van der Waals surface area (Å²) in [4.78, 5) is 10.4. The normalized spacial score (nSPS) is 11.2. The lowest BCUT2D eigenvalue weighted by molar-refractivity contribution is -0.136. The van der Waals surface area contributed by atoms with Gasteiger partial charge in [-0.1, -0.05) is 15.9 Å². The Labute approximate surface area is 114 Å². The number of carboxylic acid groups (broad SMARTS) is 1. The molecular weight excluding hydrogens is 324 g/mol. The monoisotopic (exact) mass is 336 g/mol. The molecule has 0 radical (unpaired) electrons. The summed E-state index contributed by atoms with van der Waals surface area (Å²) in [5.74, 6) is -1.14. The third-order valence-electron chi connectivity index (χ3n) is 2.26. The minimum atomic E-state index is -3.44. The molecule has 0 aliphatic heterocycles. The zero-order valence-electron chi connectivity index (χ0n) is 9.72. The van der Waals surface area contributed by atoms with Gasteiger partial charge in [0.2, 0.25) is 0 Å². The highest BCUT2D eigenvalue weighted by atomic mass is 79.9.